The van der Waals surface area contributed by atoms with Crippen LogP contribution in [0.15, 0.2) is 42.5 Å². The van der Waals surface area contributed by atoms with Gasteiger partial charge in [-0.05, 0) is 43.7 Å². The number of methoxy groups -OCH3 is 3. The molecule has 0 fully saturated rings. The molecule has 0 bridgehead atoms. The van der Waals surface area contributed by atoms with Crippen molar-refractivity contribution in [2.24, 2.45) is 0 Å². The summed E-state index contributed by atoms with van der Waals surface area (Å²) in [5.41, 5.74) is 1.17. The maximum absolute atomic E-state index is 12.9. The van der Waals surface area contributed by atoms with Gasteiger partial charge in [0.1, 0.15) is 11.8 Å². The van der Waals surface area contributed by atoms with E-state index in [0.717, 1.165) is 16.1 Å². The Morgan fingerprint density at radius 1 is 0.933 bits per heavy atom. The van der Waals surface area contributed by atoms with E-state index in [1.54, 1.807) is 31.4 Å². The third-order valence-electron chi connectivity index (χ3n) is 4.68. The first-order valence-corrected chi connectivity index (χ1v) is 11.1. The molecule has 2 aromatic carbocycles. The predicted octanol–water partition coefficient (Wildman–Crippen LogP) is 2.74. The molecular weight excluding hydrogens is 408 g/mol. The van der Waals surface area contributed by atoms with E-state index >= 15 is 0 Å². The Labute approximate surface area is 177 Å². The molecule has 9 heteroatoms. The van der Waals surface area contributed by atoms with Crippen LogP contribution in [-0.4, -0.2) is 48.0 Å². The van der Waals surface area contributed by atoms with Gasteiger partial charge in [-0.2, -0.15) is 0 Å². The summed E-state index contributed by atoms with van der Waals surface area (Å²) in [4.78, 5) is 12.9. The number of rotatable bonds is 9. The van der Waals surface area contributed by atoms with Crippen LogP contribution in [0.5, 0.6) is 17.2 Å². The minimum atomic E-state index is -3.76. The SMILES string of the molecule is COc1ccc(C(C)NC(=O)C(C)N(c2ccc(OC)c(OC)c2)S(C)(=O)=O)cc1. The summed E-state index contributed by atoms with van der Waals surface area (Å²) in [6.45, 7) is 3.36. The van der Waals surface area contributed by atoms with E-state index in [1.165, 1.54) is 27.2 Å². The monoisotopic (exact) mass is 436 g/mol. The molecule has 0 aromatic heterocycles. The van der Waals surface area contributed by atoms with Gasteiger partial charge in [-0.25, -0.2) is 8.42 Å². The van der Waals surface area contributed by atoms with Crippen LogP contribution in [0.2, 0.25) is 0 Å². The van der Waals surface area contributed by atoms with Crippen LogP contribution in [0.4, 0.5) is 5.69 Å². The van der Waals surface area contributed by atoms with Crippen molar-refractivity contribution in [3.63, 3.8) is 0 Å². The van der Waals surface area contributed by atoms with E-state index in [9.17, 15) is 13.2 Å². The number of hydrogen-bond acceptors (Lipinski definition) is 6. The minimum absolute atomic E-state index is 0.301. The summed E-state index contributed by atoms with van der Waals surface area (Å²) in [5, 5.41) is 2.87. The molecule has 1 N–H and O–H groups in total. The lowest BCUT2D eigenvalue weighted by Crippen LogP contribution is -2.48. The van der Waals surface area contributed by atoms with Gasteiger partial charge in [0, 0.05) is 6.07 Å². The normalized spacial score (nSPS) is 13.1. The van der Waals surface area contributed by atoms with Crippen LogP contribution < -0.4 is 23.8 Å². The van der Waals surface area contributed by atoms with E-state index in [0.29, 0.717) is 22.9 Å². The Bertz CT molecular complexity index is 975. The van der Waals surface area contributed by atoms with Crippen molar-refractivity contribution in [2.75, 3.05) is 31.9 Å². The number of nitrogens with zero attached hydrogens (tertiary/aromatic N) is 1. The summed E-state index contributed by atoms with van der Waals surface area (Å²) >= 11 is 0. The number of anilines is 1. The molecule has 2 atom stereocenters. The maximum atomic E-state index is 12.9. The fraction of sp³-hybridized carbons (Fsp3) is 0.381. The molecule has 0 radical (unpaired) electrons. The minimum Gasteiger partial charge on any atom is -0.497 e. The number of carbonyl (C=O) groups is 1. The lowest BCUT2D eigenvalue weighted by molar-refractivity contribution is -0.122. The van der Waals surface area contributed by atoms with Crippen molar-refractivity contribution in [3.8, 4) is 17.2 Å². The largest absolute Gasteiger partial charge is 0.497 e. The van der Waals surface area contributed by atoms with Crippen molar-refractivity contribution in [2.45, 2.75) is 25.9 Å². The van der Waals surface area contributed by atoms with Gasteiger partial charge in [-0.15, -0.1) is 0 Å². The zero-order valence-electron chi connectivity index (χ0n) is 18.0. The standard InChI is InChI=1S/C21H28N2O6S/c1-14(16-7-10-18(27-3)11-8-16)22-21(24)15(2)23(30(6,25)26)17-9-12-19(28-4)20(13-17)29-5/h7-15H,1-6H3,(H,22,24). The van der Waals surface area contributed by atoms with Crippen molar-refractivity contribution < 1.29 is 27.4 Å². The molecule has 1 amide bonds. The van der Waals surface area contributed by atoms with Crippen molar-refractivity contribution in [3.05, 3.63) is 48.0 Å². The highest BCUT2D eigenvalue weighted by Gasteiger charge is 2.30. The maximum Gasteiger partial charge on any atom is 0.244 e. The molecule has 2 rings (SSSR count). The van der Waals surface area contributed by atoms with Crippen LogP contribution in [0.3, 0.4) is 0 Å². The third kappa shape index (κ3) is 5.35. The summed E-state index contributed by atoms with van der Waals surface area (Å²) in [6.07, 6.45) is 1.06. The van der Waals surface area contributed by atoms with Gasteiger partial charge in [0.25, 0.3) is 0 Å². The van der Waals surface area contributed by atoms with Gasteiger partial charge >= 0.3 is 0 Å². The van der Waals surface area contributed by atoms with Crippen molar-refractivity contribution in [1.82, 2.24) is 5.32 Å². The van der Waals surface area contributed by atoms with Gasteiger partial charge in [0.15, 0.2) is 11.5 Å². The van der Waals surface area contributed by atoms with E-state index in [4.69, 9.17) is 14.2 Å². The van der Waals surface area contributed by atoms with E-state index in [-0.39, 0.29) is 6.04 Å². The molecule has 2 aromatic rings. The number of amides is 1. The average Bonchev–Trinajstić information content (AvgIpc) is 2.72. The molecule has 0 heterocycles. The highest BCUT2D eigenvalue weighted by Crippen LogP contribution is 2.33. The zero-order valence-corrected chi connectivity index (χ0v) is 18.8. The molecular formula is C21H28N2O6S. The Balaban J connectivity index is 2.28. The molecule has 8 nitrogen and oxygen atoms in total. The average molecular weight is 437 g/mol. The third-order valence-corrected chi connectivity index (χ3v) is 5.93. The number of nitrogens with one attached hydrogen (secondary N) is 1. The lowest BCUT2D eigenvalue weighted by atomic mass is 10.1. The van der Waals surface area contributed by atoms with Gasteiger partial charge in [-0.3, -0.25) is 9.10 Å². The summed E-state index contributed by atoms with van der Waals surface area (Å²) in [6, 6.07) is 10.7. The van der Waals surface area contributed by atoms with E-state index in [2.05, 4.69) is 5.32 Å². The Hall–Kier alpha value is -2.94. The summed E-state index contributed by atoms with van der Waals surface area (Å²) in [7, 11) is 0.769. The molecule has 30 heavy (non-hydrogen) atoms. The first kappa shape index (κ1) is 23.3. The topological polar surface area (TPSA) is 94.2 Å². The number of carbonyl (C=O) groups excluding carboxylic acids is 1. The van der Waals surface area contributed by atoms with Crippen LogP contribution >= 0.6 is 0 Å². The van der Waals surface area contributed by atoms with Gasteiger partial charge < -0.3 is 19.5 Å². The second-order valence-electron chi connectivity index (χ2n) is 6.78. The smallest absolute Gasteiger partial charge is 0.244 e. The predicted molar refractivity (Wildman–Crippen MR) is 116 cm³/mol. The molecule has 0 saturated heterocycles. The fourth-order valence-corrected chi connectivity index (χ4v) is 4.25. The first-order valence-electron chi connectivity index (χ1n) is 9.28. The number of hydrogen-bond donors (Lipinski definition) is 1. The van der Waals surface area contributed by atoms with Crippen LogP contribution in [0.1, 0.15) is 25.5 Å². The van der Waals surface area contributed by atoms with Gasteiger partial charge in [-0.1, -0.05) is 12.1 Å². The van der Waals surface area contributed by atoms with Crippen molar-refractivity contribution in [1.29, 1.82) is 0 Å². The van der Waals surface area contributed by atoms with Crippen LogP contribution in [0, 0.1) is 0 Å². The van der Waals surface area contributed by atoms with Crippen LogP contribution in [0.25, 0.3) is 0 Å². The zero-order chi connectivity index (χ0) is 22.5. The van der Waals surface area contributed by atoms with E-state index < -0.39 is 22.0 Å². The van der Waals surface area contributed by atoms with Gasteiger partial charge in [0.05, 0.1) is 39.3 Å². The Kier molecular flexibility index (Phi) is 7.55. The molecule has 0 aliphatic rings. The lowest BCUT2D eigenvalue weighted by Gasteiger charge is -2.29. The van der Waals surface area contributed by atoms with E-state index in [1.807, 2.05) is 19.1 Å². The number of ether oxygens (including phenoxy) is 3. The fourth-order valence-electron chi connectivity index (χ4n) is 3.08. The Morgan fingerprint density at radius 3 is 2.03 bits per heavy atom. The molecule has 164 valence electrons. The second-order valence-corrected chi connectivity index (χ2v) is 8.64. The summed E-state index contributed by atoms with van der Waals surface area (Å²) < 4.78 is 41.7. The second kappa shape index (κ2) is 9.71. The molecule has 0 saturated carbocycles. The molecule has 0 aliphatic carbocycles. The highest BCUT2D eigenvalue weighted by molar-refractivity contribution is 7.92. The molecule has 0 spiro atoms. The highest BCUT2D eigenvalue weighted by atomic mass is 32.2. The van der Waals surface area contributed by atoms with Crippen LogP contribution in [-0.2, 0) is 14.8 Å². The number of sulfonamides is 1. The molecule has 2 unspecified atom stereocenters. The Morgan fingerprint density at radius 2 is 1.53 bits per heavy atom. The first-order chi connectivity index (χ1) is 14.1. The quantitative estimate of drug-likeness (QED) is 0.650. The number of benzene rings is 2. The molecule has 0 aliphatic heterocycles. The van der Waals surface area contributed by atoms with Gasteiger partial charge in [0.2, 0.25) is 15.9 Å². The summed E-state index contributed by atoms with van der Waals surface area (Å²) in [5.74, 6) is 1.10. The van der Waals surface area contributed by atoms with Crippen molar-refractivity contribution >= 4 is 21.6 Å².